The number of ketones is 1. The zero-order chi connectivity index (χ0) is 11.0. The first kappa shape index (κ1) is 9.48. The highest BCUT2D eigenvalue weighted by Crippen LogP contribution is 2.40. The maximum atomic E-state index is 12.0. The van der Waals surface area contributed by atoms with E-state index >= 15 is 0 Å². The van der Waals surface area contributed by atoms with Gasteiger partial charge in [-0.25, -0.2) is 0 Å². The van der Waals surface area contributed by atoms with Crippen LogP contribution in [0.3, 0.4) is 0 Å². The monoisotopic (exact) mass is 227 g/mol. The van der Waals surface area contributed by atoms with E-state index in [1.165, 1.54) is 11.8 Å². The van der Waals surface area contributed by atoms with Gasteiger partial charge in [0.1, 0.15) is 0 Å². The van der Waals surface area contributed by atoms with Crippen molar-refractivity contribution in [3.05, 3.63) is 58.8 Å². The number of benzene rings is 1. The lowest BCUT2D eigenvalue weighted by Gasteiger charge is -1.91. The van der Waals surface area contributed by atoms with E-state index < -0.39 is 0 Å². The highest BCUT2D eigenvalue weighted by Gasteiger charge is 2.24. The molecule has 1 aliphatic heterocycles. The van der Waals surface area contributed by atoms with Crippen molar-refractivity contribution < 1.29 is 4.79 Å². The van der Waals surface area contributed by atoms with Gasteiger partial charge in [-0.3, -0.25) is 4.79 Å². The van der Waals surface area contributed by atoms with E-state index in [1.54, 1.807) is 0 Å². The van der Waals surface area contributed by atoms with Crippen molar-refractivity contribution in [3.8, 4) is 0 Å². The molecule has 0 amide bonds. The second-order valence-electron chi connectivity index (χ2n) is 3.56. The number of Topliss-reactive ketones (excluding diaryl/α,β-unsaturated/α-hetero) is 1. The number of carbonyl (C=O) groups is 1. The summed E-state index contributed by atoms with van der Waals surface area (Å²) in [5.41, 5.74) is 1.77. The highest BCUT2D eigenvalue weighted by atomic mass is 32.2. The number of aromatic amines is 1. The first-order valence-electron chi connectivity index (χ1n) is 5.01. The third-order valence-electron chi connectivity index (χ3n) is 2.48. The molecule has 0 saturated heterocycles. The fourth-order valence-corrected chi connectivity index (χ4v) is 2.75. The molecule has 16 heavy (non-hydrogen) atoms. The fraction of sp³-hybridized carbons (Fsp3) is 0. The zero-order valence-electron chi connectivity index (χ0n) is 8.44. The minimum Gasteiger partial charge on any atom is -0.362 e. The van der Waals surface area contributed by atoms with Gasteiger partial charge in [0, 0.05) is 22.3 Å². The van der Waals surface area contributed by atoms with Gasteiger partial charge in [-0.1, -0.05) is 23.9 Å². The summed E-state index contributed by atoms with van der Waals surface area (Å²) in [7, 11) is 0. The molecule has 3 heteroatoms. The Hall–Kier alpha value is -1.74. The fourth-order valence-electron chi connectivity index (χ4n) is 1.71. The molecule has 0 spiro atoms. The lowest BCUT2D eigenvalue weighted by Crippen LogP contribution is -1.93. The van der Waals surface area contributed by atoms with Crippen molar-refractivity contribution in [2.45, 2.75) is 4.90 Å². The molecule has 2 aromatic rings. The van der Waals surface area contributed by atoms with Gasteiger partial charge in [-0.05, 0) is 30.3 Å². The number of carbonyl (C=O) groups excluding carboxylic acids is 1. The number of fused-ring (bicyclic) bond motifs is 1. The van der Waals surface area contributed by atoms with Crippen molar-refractivity contribution in [3.63, 3.8) is 0 Å². The molecule has 0 bridgehead atoms. The summed E-state index contributed by atoms with van der Waals surface area (Å²) in [4.78, 5) is 16.9. The van der Waals surface area contributed by atoms with Crippen LogP contribution in [0, 0.1) is 0 Å². The summed E-state index contributed by atoms with van der Waals surface area (Å²) in [6.45, 7) is 0. The summed E-state index contributed by atoms with van der Waals surface area (Å²) in [5.74, 6) is 0.121. The molecule has 3 rings (SSSR count). The number of thioether (sulfide) groups is 1. The third kappa shape index (κ3) is 1.49. The topological polar surface area (TPSA) is 32.9 Å². The average molecular weight is 227 g/mol. The van der Waals surface area contributed by atoms with E-state index in [1.807, 2.05) is 48.7 Å². The lowest BCUT2D eigenvalue weighted by atomic mass is 10.1. The van der Waals surface area contributed by atoms with Gasteiger partial charge in [0.25, 0.3) is 0 Å². The van der Waals surface area contributed by atoms with Crippen LogP contribution in [0.5, 0.6) is 0 Å². The molecule has 0 fully saturated rings. The Labute approximate surface area is 97.4 Å². The molecule has 1 N–H and O–H groups in total. The number of aromatic nitrogens is 1. The summed E-state index contributed by atoms with van der Waals surface area (Å²) >= 11 is 1.53. The van der Waals surface area contributed by atoms with Crippen molar-refractivity contribution in [2.24, 2.45) is 0 Å². The second kappa shape index (κ2) is 3.68. The summed E-state index contributed by atoms with van der Waals surface area (Å²) in [5, 5.41) is 0. The predicted molar refractivity (Wildman–Crippen MR) is 65.4 cm³/mol. The van der Waals surface area contributed by atoms with Gasteiger partial charge in [-0.15, -0.1) is 0 Å². The Bertz CT molecular complexity index is 569. The SMILES string of the molecule is O=C1/C(=C/c2ccc[nH]2)Sc2ccccc21. The lowest BCUT2D eigenvalue weighted by molar-refractivity contribution is 0.104. The number of allylic oxidation sites excluding steroid dienone is 1. The summed E-state index contributed by atoms with van der Waals surface area (Å²) < 4.78 is 0. The number of nitrogens with one attached hydrogen (secondary N) is 1. The molecule has 0 saturated carbocycles. The van der Waals surface area contributed by atoms with Gasteiger partial charge in [0.05, 0.1) is 4.91 Å². The quantitative estimate of drug-likeness (QED) is 0.758. The summed E-state index contributed by atoms with van der Waals surface area (Å²) in [6.07, 6.45) is 3.75. The number of hydrogen-bond acceptors (Lipinski definition) is 2. The Morgan fingerprint density at radius 2 is 2.00 bits per heavy atom. The van der Waals surface area contributed by atoms with E-state index in [0.29, 0.717) is 0 Å². The molecule has 1 aromatic heterocycles. The largest absolute Gasteiger partial charge is 0.362 e. The standard InChI is InChI=1S/C13H9NOS/c15-13-10-5-1-2-6-11(10)16-12(13)8-9-4-3-7-14-9/h1-8,14H/b12-8-. The van der Waals surface area contributed by atoms with Crippen LogP contribution in [0.1, 0.15) is 16.1 Å². The first-order valence-corrected chi connectivity index (χ1v) is 5.83. The van der Waals surface area contributed by atoms with Crippen LogP contribution in [0.2, 0.25) is 0 Å². The first-order chi connectivity index (χ1) is 7.84. The van der Waals surface area contributed by atoms with Crippen molar-refractivity contribution >= 4 is 23.6 Å². The molecule has 1 aromatic carbocycles. The average Bonchev–Trinajstić information content (AvgIpc) is 2.90. The van der Waals surface area contributed by atoms with E-state index in [9.17, 15) is 4.79 Å². The highest BCUT2D eigenvalue weighted by molar-refractivity contribution is 8.04. The predicted octanol–water partition coefficient (Wildman–Crippen LogP) is 3.34. The second-order valence-corrected chi connectivity index (χ2v) is 4.65. The van der Waals surface area contributed by atoms with Crippen LogP contribution in [-0.2, 0) is 0 Å². The Morgan fingerprint density at radius 3 is 2.75 bits per heavy atom. The smallest absolute Gasteiger partial charge is 0.200 e. The van der Waals surface area contributed by atoms with Crippen molar-refractivity contribution in [2.75, 3.05) is 0 Å². The van der Waals surface area contributed by atoms with Gasteiger partial charge >= 0.3 is 0 Å². The minimum atomic E-state index is 0.121. The molecule has 78 valence electrons. The van der Waals surface area contributed by atoms with Crippen LogP contribution in [-0.4, -0.2) is 10.8 Å². The van der Waals surface area contributed by atoms with Gasteiger partial charge < -0.3 is 4.98 Å². The van der Waals surface area contributed by atoms with Crippen molar-refractivity contribution in [1.82, 2.24) is 4.98 Å². The molecule has 0 radical (unpaired) electrons. The molecule has 2 nitrogen and oxygen atoms in total. The summed E-state index contributed by atoms with van der Waals surface area (Å²) in [6, 6.07) is 11.6. The van der Waals surface area contributed by atoms with E-state index in [2.05, 4.69) is 4.98 Å². The number of rotatable bonds is 1. The van der Waals surface area contributed by atoms with Crippen LogP contribution in [0.25, 0.3) is 6.08 Å². The van der Waals surface area contributed by atoms with Gasteiger partial charge in [0.15, 0.2) is 0 Å². The van der Waals surface area contributed by atoms with E-state index in [-0.39, 0.29) is 5.78 Å². The Kier molecular flexibility index (Phi) is 2.18. The van der Waals surface area contributed by atoms with Gasteiger partial charge in [0.2, 0.25) is 5.78 Å². The molecule has 2 heterocycles. The van der Waals surface area contributed by atoms with Crippen LogP contribution in [0.4, 0.5) is 0 Å². The van der Waals surface area contributed by atoms with Crippen molar-refractivity contribution in [1.29, 1.82) is 0 Å². The molecule has 0 atom stereocenters. The Morgan fingerprint density at radius 1 is 1.12 bits per heavy atom. The molecule has 1 aliphatic rings. The van der Waals surface area contributed by atoms with Crippen LogP contribution in [0.15, 0.2) is 52.4 Å². The van der Waals surface area contributed by atoms with E-state index in [0.717, 1.165) is 21.1 Å². The third-order valence-corrected chi connectivity index (χ3v) is 3.58. The normalized spacial score (nSPS) is 16.8. The molecular weight excluding hydrogens is 218 g/mol. The zero-order valence-corrected chi connectivity index (χ0v) is 9.25. The number of H-pyrrole nitrogens is 1. The maximum absolute atomic E-state index is 12.0. The van der Waals surface area contributed by atoms with E-state index in [4.69, 9.17) is 0 Å². The van der Waals surface area contributed by atoms with Crippen LogP contribution >= 0.6 is 11.8 Å². The molecule has 0 unspecified atom stereocenters. The number of hydrogen-bond donors (Lipinski definition) is 1. The minimum absolute atomic E-state index is 0.121. The molecule has 0 aliphatic carbocycles. The van der Waals surface area contributed by atoms with Gasteiger partial charge in [-0.2, -0.15) is 0 Å². The Balaban J connectivity index is 2.02. The maximum Gasteiger partial charge on any atom is 0.200 e. The van der Waals surface area contributed by atoms with Crippen LogP contribution < -0.4 is 0 Å². The molecular formula is C13H9NOS.